The monoisotopic (exact) mass is 394 g/mol. The minimum atomic E-state index is -1.45. The maximum Gasteiger partial charge on any atom is 0.0909 e. The smallest absolute Gasteiger partial charge is 0.0909 e. The molecule has 2 heterocycles. The Bertz CT molecular complexity index is 819. The maximum absolute atomic E-state index is 2.74. The Kier molecular flexibility index (Phi) is 4.17. The first-order valence-electron chi connectivity index (χ1n) is 10.2. The lowest BCUT2D eigenvalue weighted by molar-refractivity contribution is 0.604. The Balaban J connectivity index is 2.03. The van der Waals surface area contributed by atoms with Crippen molar-refractivity contribution >= 4 is 27.5 Å². The summed E-state index contributed by atoms with van der Waals surface area (Å²) in [5.41, 5.74) is 9.94. The molecule has 0 amide bonds. The third-order valence-electron chi connectivity index (χ3n) is 6.14. The molecule has 0 saturated heterocycles. The molecule has 0 radical (unpaired) electrons. The second kappa shape index (κ2) is 5.98. The van der Waals surface area contributed by atoms with Gasteiger partial charge in [-0.3, -0.25) is 0 Å². The van der Waals surface area contributed by atoms with E-state index in [9.17, 15) is 0 Å². The largest absolute Gasteiger partial charge is 0.349 e. The van der Waals surface area contributed by atoms with E-state index in [4.69, 9.17) is 0 Å². The van der Waals surface area contributed by atoms with E-state index in [0.717, 1.165) is 6.67 Å². The van der Waals surface area contributed by atoms with Crippen molar-refractivity contribution in [3.8, 4) is 0 Å². The normalized spacial score (nSPS) is 21.8. The average Bonchev–Trinajstić information content (AvgIpc) is 2.51. The fraction of sp³-hybridized carbons (Fsp3) is 0.478. The second-order valence-corrected chi connectivity index (χ2v) is 21.3. The number of hydrogen-bond acceptors (Lipinski definition) is 2. The van der Waals surface area contributed by atoms with Crippen LogP contribution in [0.15, 0.2) is 36.4 Å². The van der Waals surface area contributed by atoms with Crippen LogP contribution in [0.4, 0.5) is 11.4 Å². The lowest BCUT2D eigenvalue weighted by Gasteiger charge is -2.57. The number of hydrogen-bond donors (Lipinski definition) is 0. The van der Waals surface area contributed by atoms with E-state index >= 15 is 0 Å². The van der Waals surface area contributed by atoms with Crippen molar-refractivity contribution in [2.75, 3.05) is 16.5 Å². The summed E-state index contributed by atoms with van der Waals surface area (Å²) in [5.74, 6) is 0. The van der Waals surface area contributed by atoms with Gasteiger partial charge in [0.2, 0.25) is 0 Å². The summed E-state index contributed by atoms with van der Waals surface area (Å²) in [5, 5.41) is 0. The Morgan fingerprint density at radius 2 is 1.04 bits per heavy atom. The van der Waals surface area contributed by atoms with Crippen LogP contribution in [0.5, 0.6) is 0 Å². The molecule has 0 spiro atoms. The zero-order chi connectivity index (χ0) is 19.7. The van der Waals surface area contributed by atoms with Gasteiger partial charge in [-0.2, -0.15) is 0 Å². The highest BCUT2D eigenvalue weighted by molar-refractivity contribution is 6.79. The van der Waals surface area contributed by atoms with Crippen LogP contribution in [0.3, 0.4) is 0 Å². The summed E-state index contributed by atoms with van der Waals surface area (Å²) >= 11 is 0. The first-order valence-corrected chi connectivity index (χ1v) is 17.4. The Labute approximate surface area is 167 Å². The molecule has 2 aliphatic rings. The minimum absolute atomic E-state index is 0.535. The van der Waals surface area contributed by atoms with Crippen LogP contribution in [0.25, 0.3) is 0 Å². The maximum atomic E-state index is 2.74. The lowest BCUT2D eigenvalue weighted by atomic mass is 9.98. The summed E-state index contributed by atoms with van der Waals surface area (Å²) in [6.07, 6.45) is 0. The number of nitrogens with zero attached hydrogens (tertiary/aromatic N) is 2. The third kappa shape index (κ3) is 2.97. The van der Waals surface area contributed by atoms with Crippen molar-refractivity contribution in [3.63, 3.8) is 0 Å². The molecule has 2 bridgehead atoms. The Morgan fingerprint density at radius 3 is 1.37 bits per heavy atom. The standard InChI is InChI=1S/C23H34N2Si2/c1-16-9-11-20-18(13-16)22(26(3,4)5)25-15-24(20)23(27(6,7)8)19-14-17(2)10-12-21(19)25/h9-14,22-23H,15H2,1-8H3/t22-,23-/m0/s1. The summed E-state index contributed by atoms with van der Waals surface area (Å²) in [6.45, 7) is 20.7. The van der Waals surface area contributed by atoms with Crippen LogP contribution >= 0.6 is 0 Å². The molecule has 0 saturated carbocycles. The Morgan fingerprint density at radius 1 is 0.667 bits per heavy atom. The number of rotatable bonds is 2. The van der Waals surface area contributed by atoms with E-state index in [1.54, 1.807) is 11.1 Å². The summed E-state index contributed by atoms with van der Waals surface area (Å²) in [7, 11) is -2.90. The molecule has 0 aliphatic carbocycles. The lowest BCUT2D eigenvalue weighted by Crippen LogP contribution is -2.60. The topological polar surface area (TPSA) is 6.48 Å². The zero-order valence-corrected chi connectivity index (χ0v) is 20.2. The molecule has 2 aromatic carbocycles. The summed E-state index contributed by atoms with van der Waals surface area (Å²) < 4.78 is 0. The fourth-order valence-corrected chi connectivity index (χ4v) is 9.91. The fourth-order valence-electron chi connectivity index (χ4n) is 5.27. The van der Waals surface area contributed by atoms with Gasteiger partial charge in [0, 0.05) is 22.7 Å². The van der Waals surface area contributed by atoms with E-state index in [2.05, 4.69) is 99.3 Å². The predicted octanol–water partition coefficient (Wildman–Crippen LogP) is 6.44. The van der Waals surface area contributed by atoms with E-state index in [1.165, 1.54) is 22.5 Å². The zero-order valence-electron chi connectivity index (χ0n) is 18.2. The van der Waals surface area contributed by atoms with E-state index in [0.29, 0.717) is 11.3 Å². The van der Waals surface area contributed by atoms with Crippen LogP contribution < -0.4 is 9.80 Å². The molecule has 0 N–H and O–H groups in total. The molecular weight excluding hydrogens is 360 g/mol. The van der Waals surface area contributed by atoms with Crippen molar-refractivity contribution in [2.24, 2.45) is 0 Å². The van der Waals surface area contributed by atoms with Gasteiger partial charge >= 0.3 is 0 Å². The van der Waals surface area contributed by atoms with Gasteiger partial charge in [-0.05, 0) is 37.1 Å². The van der Waals surface area contributed by atoms with Gasteiger partial charge in [-0.25, -0.2) is 0 Å². The molecule has 2 aromatic rings. The molecule has 0 fully saturated rings. The molecule has 0 unspecified atom stereocenters. The number of aryl methyl sites for hydroxylation is 2. The van der Waals surface area contributed by atoms with Crippen molar-refractivity contribution in [3.05, 3.63) is 58.7 Å². The van der Waals surface area contributed by atoms with Gasteiger partial charge in [-0.15, -0.1) is 0 Å². The van der Waals surface area contributed by atoms with Crippen LogP contribution in [0.2, 0.25) is 39.3 Å². The Hall–Kier alpha value is -1.53. The second-order valence-electron chi connectivity index (χ2n) is 10.7. The average molecular weight is 395 g/mol. The molecule has 4 rings (SSSR count). The van der Waals surface area contributed by atoms with Crippen molar-refractivity contribution in [1.29, 1.82) is 0 Å². The van der Waals surface area contributed by atoms with Gasteiger partial charge in [0.05, 0.1) is 22.8 Å². The van der Waals surface area contributed by atoms with Gasteiger partial charge in [0.1, 0.15) is 0 Å². The highest BCUT2D eigenvalue weighted by Gasteiger charge is 2.48. The van der Waals surface area contributed by atoms with Gasteiger partial charge < -0.3 is 9.80 Å². The molecule has 2 nitrogen and oxygen atoms in total. The molecule has 2 aliphatic heterocycles. The van der Waals surface area contributed by atoms with Crippen LogP contribution in [0, 0.1) is 13.8 Å². The SMILES string of the molecule is Cc1ccc2c(c1)[C@H]([Si](C)(C)C)N1CN2[C@@H]([Si](C)(C)C)c2cc(C)ccc21. The molecular formula is C23H34N2Si2. The quantitative estimate of drug-likeness (QED) is 0.541. The van der Waals surface area contributed by atoms with Crippen LogP contribution in [-0.4, -0.2) is 22.8 Å². The van der Waals surface area contributed by atoms with Gasteiger partial charge in [0.25, 0.3) is 0 Å². The molecule has 2 atom stereocenters. The third-order valence-corrected chi connectivity index (χ3v) is 10.7. The predicted molar refractivity (Wildman–Crippen MR) is 124 cm³/mol. The van der Waals surface area contributed by atoms with Gasteiger partial charge in [-0.1, -0.05) is 74.7 Å². The first-order chi connectivity index (χ1) is 12.5. The summed E-state index contributed by atoms with van der Waals surface area (Å²) in [4.78, 5) is 5.47. The number of fused-ring (bicyclic) bond motifs is 6. The molecule has 144 valence electrons. The molecule has 4 heteroatoms. The number of benzene rings is 2. The van der Waals surface area contributed by atoms with E-state index in [1.807, 2.05) is 0 Å². The minimum Gasteiger partial charge on any atom is -0.349 e. The van der Waals surface area contributed by atoms with E-state index in [-0.39, 0.29) is 0 Å². The van der Waals surface area contributed by atoms with Crippen molar-refractivity contribution in [1.82, 2.24) is 0 Å². The summed E-state index contributed by atoms with van der Waals surface area (Å²) in [6, 6.07) is 14.4. The number of anilines is 2. The molecule has 0 aromatic heterocycles. The van der Waals surface area contributed by atoms with Crippen molar-refractivity contribution < 1.29 is 0 Å². The first kappa shape index (κ1) is 18.8. The van der Waals surface area contributed by atoms with Crippen molar-refractivity contribution in [2.45, 2.75) is 64.5 Å². The highest BCUT2D eigenvalue weighted by Crippen LogP contribution is 2.53. The van der Waals surface area contributed by atoms with Gasteiger partial charge in [0.15, 0.2) is 0 Å². The highest BCUT2D eigenvalue weighted by atomic mass is 28.3. The molecule has 27 heavy (non-hydrogen) atoms. The van der Waals surface area contributed by atoms with Crippen LogP contribution in [0.1, 0.15) is 33.6 Å². The van der Waals surface area contributed by atoms with E-state index < -0.39 is 16.1 Å². The van der Waals surface area contributed by atoms with Crippen LogP contribution in [-0.2, 0) is 0 Å².